The maximum Gasteiger partial charge on any atom is 0.251 e. The summed E-state index contributed by atoms with van der Waals surface area (Å²) in [5.74, 6) is -0.0949. The van der Waals surface area contributed by atoms with Gasteiger partial charge in [-0.25, -0.2) is 9.36 Å². The molecule has 7 nitrogen and oxygen atoms in total. The summed E-state index contributed by atoms with van der Waals surface area (Å²) in [6, 6.07) is 17.1. The molecule has 0 aliphatic carbocycles. The summed E-state index contributed by atoms with van der Waals surface area (Å²) in [5.41, 5.74) is 3.36. The van der Waals surface area contributed by atoms with Crippen molar-refractivity contribution in [3.05, 3.63) is 72.6 Å². The fourth-order valence-corrected chi connectivity index (χ4v) is 2.83. The average Bonchev–Trinajstić information content (AvgIpc) is 3.35. The van der Waals surface area contributed by atoms with Gasteiger partial charge in [-0.3, -0.25) is 4.79 Å². The molecule has 1 N–H and O–H groups in total. The van der Waals surface area contributed by atoms with E-state index in [4.69, 9.17) is 0 Å². The number of hydrogen-bond donors (Lipinski definition) is 1. The Balaban J connectivity index is 1.34. The molecule has 4 aromatic rings. The van der Waals surface area contributed by atoms with Gasteiger partial charge in [-0.15, -0.1) is 5.10 Å². The molecule has 0 radical (unpaired) electrons. The quantitative estimate of drug-likeness (QED) is 0.544. The minimum Gasteiger partial charge on any atom is -0.352 e. The number of carbonyl (C=O) groups excluding carboxylic acids is 1. The van der Waals surface area contributed by atoms with Crippen molar-refractivity contribution < 1.29 is 4.79 Å². The Morgan fingerprint density at radius 3 is 2.88 bits per heavy atom. The van der Waals surface area contributed by atoms with Crippen molar-refractivity contribution >= 4 is 16.9 Å². The van der Waals surface area contributed by atoms with Gasteiger partial charge >= 0.3 is 0 Å². The van der Waals surface area contributed by atoms with Crippen molar-refractivity contribution in [3.63, 3.8) is 0 Å². The van der Waals surface area contributed by atoms with Crippen LogP contribution in [0.15, 0.2) is 67.0 Å². The van der Waals surface area contributed by atoms with Crippen molar-refractivity contribution in [1.29, 1.82) is 0 Å². The first kappa shape index (κ1) is 16.0. The summed E-state index contributed by atoms with van der Waals surface area (Å²) in [6.45, 7) is 1.27. The van der Waals surface area contributed by atoms with Gasteiger partial charge in [0.2, 0.25) is 0 Å². The van der Waals surface area contributed by atoms with Crippen LogP contribution >= 0.6 is 0 Å². The number of hydrogen-bond acceptors (Lipinski definition) is 4. The summed E-state index contributed by atoms with van der Waals surface area (Å²) in [6.07, 6.45) is 4.33. The van der Waals surface area contributed by atoms with E-state index < -0.39 is 0 Å². The molecule has 0 spiro atoms. The molecule has 0 aliphatic rings. The van der Waals surface area contributed by atoms with Crippen molar-refractivity contribution in [3.8, 4) is 5.69 Å². The topological polar surface area (TPSA) is 77.6 Å². The summed E-state index contributed by atoms with van der Waals surface area (Å²) in [4.78, 5) is 12.4. The molecule has 2 aromatic carbocycles. The van der Waals surface area contributed by atoms with E-state index in [0.29, 0.717) is 18.7 Å². The van der Waals surface area contributed by atoms with Crippen LogP contribution in [-0.4, -0.2) is 37.2 Å². The predicted molar refractivity (Wildman–Crippen MR) is 98.0 cm³/mol. The molecule has 0 saturated carbocycles. The van der Waals surface area contributed by atoms with E-state index in [1.54, 1.807) is 16.9 Å². The van der Waals surface area contributed by atoms with Gasteiger partial charge in [-0.05, 0) is 42.8 Å². The monoisotopic (exact) mass is 346 g/mol. The molecule has 0 unspecified atom stereocenters. The Morgan fingerprint density at radius 2 is 2.00 bits per heavy atom. The number of fused-ring (bicyclic) bond motifs is 1. The SMILES string of the molecule is O=C(NCCCn1nnc2ccccc21)c1cccc(-n2cccn2)c1. The number of rotatable bonds is 6. The van der Waals surface area contributed by atoms with Gasteiger partial charge in [0.1, 0.15) is 5.52 Å². The Morgan fingerprint density at radius 1 is 1.08 bits per heavy atom. The molecule has 2 aromatic heterocycles. The van der Waals surface area contributed by atoms with Crippen LogP contribution in [0.5, 0.6) is 0 Å². The smallest absolute Gasteiger partial charge is 0.251 e. The lowest BCUT2D eigenvalue weighted by molar-refractivity contribution is 0.0952. The van der Waals surface area contributed by atoms with Crippen molar-refractivity contribution in [2.75, 3.05) is 6.54 Å². The number of aryl methyl sites for hydroxylation is 1. The number of carbonyl (C=O) groups is 1. The van der Waals surface area contributed by atoms with Crippen molar-refractivity contribution in [2.24, 2.45) is 0 Å². The number of aromatic nitrogens is 5. The van der Waals surface area contributed by atoms with E-state index >= 15 is 0 Å². The van der Waals surface area contributed by atoms with Crippen LogP contribution in [0.2, 0.25) is 0 Å². The van der Waals surface area contributed by atoms with E-state index in [1.807, 2.05) is 59.4 Å². The van der Waals surface area contributed by atoms with Crippen LogP contribution in [0, 0.1) is 0 Å². The van der Waals surface area contributed by atoms with Crippen molar-refractivity contribution in [1.82, 2.24) is 30.1 Å². The highest BCUT2D eigenvalue weighted by atomic mass is 16.1. The first-order valence-corrected chi connectivity index (χ1v) is 8.48. The molecule has 0 atom stereocenters. The van der Waals surface area contributed by atoms with Gasteiger partial charge in [-0.2, -0.15) is 5.10 Å². The number of nitrogens with zero attached hydrogens (tertiary/aromatic N) is 5. The van der Waals surface area contributed by atoms with Gasteiger partial charge in [-0.1, -0.05) is 23.4 Å². The zero-order valence-electron chi connectivity index (χ0n) is 14.1. The highest BCUT2D eigenvalue weighted by molar-refractivity contribution is 5.94. The third kappa shape index (κ3) is 3.32. The summed E-state index contributed by atoms with van der Waals surface area (Å²) < 4.78 is 3.59. The van der Waals surface area contributed by atoms with E-state index in [1.165, 1.54) is 0 Å². The Bertz CT molecular complexity index is 1020. The highest BCUT2D eigenvalue weighted by Gasteiger charge is 2.07. The molecular weight excluding hydrogens is 328 g/mol. The van der Waals surface area contributed by atoms with E-state index in [0.717, 1.165) is 23.1 Å². The zero-order valence-corrected chi connectivity index (χ0v) is 14.1. The molecule has 1 amide bonds. The predicted octanol–water partition coefficient (Wildman–Crippen LogP) is 2.44. The van der Waals surface area contributed by atoms with Crippen molar-refractivity contribution in [2.45, 2.75) is 13.0 Å². The lowest BCUT2D eigenvalue weighted by Crippen LogP contribution is -2.25. The summed E-state index contributed by atoms with van der Waals surface area (Å²) >= 11 is 0. The fraction of sp³-hybridized carbons (Fsp3) is 0.158. The number of amides is 1. The second-order valence-corrected chi connectivity index (χ2v) is 5.91. The molecule has 0 bridgehead atoms. The van der Waals surface area contributed by atoms with Crippen LogP contribution in [0.25, 0.3) is 16.7 Å². The minimum atomic E-state index is -0.0949. The minimum absolute atomic E-state index is 0.0949. The molecule has 0 fully saturated rings. The molecule has 26 heavy (non-hydrogen) atoms. The van der Waals surface area contributed by atoms with Gasteiger partial charge in [0.15, 0.2) is 0 Å². The molecule has 2 heterocycles. The van der Waals surface area contributed by atoms with Crippen LogP contribution < -0.4 is 5.32 Å². The first-order valence-electron chi connectivity index (χ1n) is 8.48. The van der Waals surface area contributed by atoms with E-state index in [9.17, 15) is 4.79 Å². The zero-order chi connectivity index (χ0) is 17.8. The fourth-order valence-electron chi connectivity index (χ4n) is 2.83. The molecule has 4 rings (SSSR count). The highest BCUT2D eigenvalue weighted by Crippen LogP contribution is 2.11. The third-order valence-corrected chi connectivity index (χ3v) is 4.13. The average molecular weight is 346 g/mol. The third-order valence-electron chi connectivity index (χ3n) is 4.13. The standard InChI is InChI=1S/C19H18N6O/c26-19(15-6-3-7-16(14-15)24-12-5-11-21-24)20-10-4-13-25-18-9-2-1-8-17(18)22-23-25/h1-3,5-9,11-12,14H,4,10,13H2,(H,20,26). The second kappa shape index (κ2) is 7.18. The summed E-state index contributed by atoms with van der Waals surface area (Å²) in [7, 11) is 0. The Kier molecular flexibility index (Phi) is 4.42. The van der Waals surface area contributed by atoms with E-state index in [2.05, 4.69) is 20.7 Å². The molecule has 0 aliphatic heterocycles. The van der Waals surface area contributed by atoms with Crippen LogP contribution in [0.3, 0.4) is 0 Å². The lowest BCUT2D eigenvalue weighted by atomic mass is 10.2. The van der Waals surface area contributed by atoms with E-state index in [-0.39, 0.29) is 5.91 Å². The number of nitrogens with one attached hydrogen (secondary N) is 1. The second-order valence-electron chi connectivity index (χ2n) is 5.91. The largest absolute Gasteiger partial charge is 0.352 e. The number of para-hydroxylation sites is 1. The Labute approximate surface area is 150 Å². The molecule has 0 saturated heterocycles. The maximum absolute atomic E-state index is 12.4. The van der Waals surface area contributed by atoms with Gasteiger partial charge in [0.25, 0.3) is 5.91 Å². The van der Waals surface area contributed by atoms with Crippen LogP contribution in [0.1, 0.15) is 16.8 Å². The number of benzene rings is 2. The molecular formula is C19H18N6O. The summed E-state index contributed by atoms with van der Waals surface area (Å²) in [5, 5.41) is 15.4. The maximum atomic E-state index is 12.4. The van der Waals surface area contributed by atoms with Crippen LogP contribution in [-0.2, 0) is 6.54 Å². The van der Waals surface area contributed by atoms with Gasteiger partial charge in [0.05, 0.1) is 11.2 Å². The normalized spacial score (nSPS) is 10.9. The van der Waals surface area contributed by atoms with Gasteiger partial charge in [0, 0.05) is 31.0 Å². The first-order chi connectivity index (χ1) is 12.8. The van der Waals surface area contributed by atoms with Crippen LogP contribution in [0.4, 0.5) is 0 Å². The lowest BCUT2D eigenvalue weighted by Gasteiger charge is -2.07. The molecule has 130 valence electrons. The van der Waals surface area contributed by atoms with Gasteiger partial charge < -0.3 is 5.32 Å². The Hall–Kier alpha value is -3.48. The molecule has 7 heteroatoms.